The van der Waals surface area contributed by atoms with Crippen LogP contribution in [-0.4, -0.2) is 11.5 Å². The van der Waals surface area contributed by atoms with Gasteiger partial charge in [0.1, 0.15) is 5.01 Å². The minimum atomic E-state index is 0.571. The molecule has 0 saturated carbocycles. The zero-order chi connectivity index (χ0) is 13.2. The van der Waals surface area contributed by atoms with Crippen LogP contribution in [0.2, 0.25) is 0 Å². The van der Waals surface area contributed by atoms with Crippen LogP contribution in [0.4, 0.5) is 0 Å². The number of fused-ring (bicyclic) bond motifs is 1. The number of nitrogens with zero attached hydrogens (tertiary/aromatic N) is 1. The zero-order valence-electron chi connectivity index (χ0n) is 10.7. The molecular formula is C15H17BrN2S. The first-order valence-corrected chi connectivity index (χ1v) is 8.35. The van der Waals surface area contributed by atoms with E-state index in [2.05, 4.69) is 34.1 Å². The lowest BCUT2D eigenvalue weighted by Gasteiger charge is -2.20. The monoisotopic (exact) mass is 336 g/mol. The Morgan fingerprint density at radius 3 is 3.00 bits per heavy atom. The van der Waals surface area contributed by atoms with Crippen LogP contribution in [0.25, 0.3) is 10.6 Å². The highest BCUT2D eigenvalue weighted by Crippen LogP contribution is 2.40. The highest BCUT2D eigenvalue weighted by Gasteiger charge is 2.24. The zero-order valence-corrected chi connectivity index (χ0v) is 13.1. The van der Waals surface area contributed by atoms with Gasteiger partial charge in [-0.2, -0.15) is 0 Å². The molecule has 0 saturated heterocycles. The molecule has 0 aliphatic heterocycles. The van der Waals surface area contributed by atoms with E-state index >= 15 is 0 Å². The molecule has 4 heteroatoms. The fourth-order valence-corrected chi connectivity index (χ4v) is 4.57. The van der Waals surface area contributed by atoms with E-state index in [9.17, 15) is 0 Å². The van der Waals surface area contributed by atoms with Crippen molar-refractivity contribution in [3.63, 3.8) is 0 Å². The molecule has 0 radical (unpaired) electrons. The molecule has 1 heterocycles. The summed E-state index contributed by atoms with van der Waals surface area (Å²) in [6.45, 7) is 0.756. The molecule has 0 bridgehead atoms. The molecule has 1 aromatic heterocycles. The first-order chi connectivity index (χ1) is 9.29. The summed E-state index contributed by atoms with van der Waals surface area (Å²) >= 11 is 5.47. The molecule has 1 aliphatic rings. The fourth-order valence-electron chi connectivity index (χ4n) is 2.74. The SMILES string of the molecule is NCCC1CCCc2sc(-c3ccccc3Br)nc21. The number of benzene rings is 1. The smallest absolute Gasteiger partial charge is 0.125 e. The lowest BCUT2D eigenvalue weighted by atomic mass is 9.88. The van der Waals surface area contributed by atoms with Crippen molar-refractivity contribution in [2.45, 2.75) is 31.6 Å². The summed E-state index contributed by atoms with van der Waals surface area (Å²) in [7, 11) is 0. The Morgan fingerprint density at radius 2 is 2.21 bits per heavy atom. The number of halogens is 1. The van der Waals surface area contributed by atoms with Gasteiger partial charge in [0.2, 0.25) is 0 Å². The van der Waals surface area contributed by atoms with Gasteiger partial charge in [0.05, 0.1) is 5.69 Å². The van der Waals surface area contributed by atoms with Gasteiger partial charge in [-0.15, -0.1) is 11.3 Å². The van der Waals surface area contributed by atoms with Gasteiger partial charge in [0.15, 0.2) is 0 Å². The second-order valence-corrected chi connectivity index (χ2v) is 6.91. The van der Waals surface area contributed by atoms with E-state index in [4.69, 9.17) is 10.7 Å². The van der Waals surface area contributed by atoms with E-state index in [1.165, 1.54) is 35.4 Å². The number of aromatic nitrogens is 1. The maximum absolute atomic E-state index is 5.73. The van der Waals surface area contributed by atoms with Gasteiger partial charge >= 0.3 is 0 Å². The van der Waals surface area contributed by atoms with Crippen LogP contribution in [0.1, 0.15) is 35.8 Å². The normalized spacial score (nSPS) is 18.3. The molecule has 0 fully saturated rings. The molecule has 1 aliphatic carbocycles. The van der Waals surface area contributed by atoms with Crippen LogP contribution in [-0.2, 0) is 6.42 Å². The third-order valence-electron chi connectivity index (χ3n) is 3.69. The van der Waals surface area contributed by atoms with Crippen molar-refractivity contribution in [2.24, 2.45) is 5.73 Å². The summed E-state index contributed by atoms with van der Waals surface area (Å²) in [6.07, 6.45) is 4.75. The van der Waals surface area contributed by atoms with Crippen molar-refractivity contribution in [3.8, 4) is 10.6 Å². The summed E-state index contributed by atoms with van der Waals surface area (Å²) in [5.74, 6) is 0.571. The van der Waals surface area contributed by atoms with E-state index in [1.807, 2.05) is 17.4 Å². The van der Waals surface area contributed by atoms with Gasteiger partial charge in [-0.3, -0.25) is 0 Å². The molecule has 100 valence electrons. The highest BCUT2D eigenvalue weighted by molar-refractivity contribution is 9.10. The molecule has 1 aromatic carbocycles. The Labute approximate surface area is 126 Å². The third-order valence-corrected chi connectivity index (χ3v) is 5.55. The molecule has 1 atom stereocenters. The van der Waals surface area contributed by atoms with E-state index < -0.39 is 0 Å². The van der Waals surface area contributed by atoms with E-state index in [1.54, 1.807) is 0 Å². The first-order valence-electron chi connectivity index (χ1n) is 6.74. The molecule has 3 rings (SSSR count). The Kier molecular flexibility index (Phi) is 4.01. The molecular weight excluding hydrogens is 320 g/mol. The number of aryl methyl sites for hydroxylation is 1. The Balaban J connectivity index is 2.00. The van der Waals surface area contributed by atoms with Crippen LogP contribution in [0.15, 0.2) is 28.7 Å². The quantitative estimate of drug-likeness (QED) is 0.905. The fraction of sp³-hybridized carbons (Fsp3) is 0.400. The predicted octanol–water partition coefficient (Wildman–Crippen LogP) is 4.34. The van der Waals surface area contributed by atoms with Crippen LogP contribution < -0.4 is 5.73 Å². The third kappa shape index (κ3) is 2.62. The standard InChI is InChI=1S/C15H17BrN2S/c16-12-6-2-1-5-11(12)15-18-14-10(8-9-17)4-3-7-13(14)19-15/h1-2,5-6,10H,3-4,7-9,17H2. The molecule has 0 amide bonds. The summed E-state index contributed by atoms with van der Waals surface area (Å²) in [5, 5.41) is 1.14. The second kappa shape index (κ2) is 5.73. The molecule has 0 spiro atoms. The topological polar surface area (TPSA) is 38.9 Å². The minimum absolute atomic E-state index is 0.571. The lowest BCUT2D eigenvalue weighted by molar-refractivity contribution is 0.520. The summed E-state index contributed by atoms with van der Waals surface area (Å²) < 4.78 is 1.12. The summed E-state index contributed by atoms with van der Waals surface area (Å²) in [5.41, 5.74) is 8.24. The van der Waals surface area contributed by atoms with Crippen LogP contribution in [0.5, 0.6) is 0 Å². The molecule has 2 nitrogen and oxygen atoms in total. The van der Waals surface area contributed by atoms with Gasteiger partial charge in [-0.1, -0.05) is 34.1 Å². The van der Waals surface area contributed by atoms with Crippen LogP contribution in [0, 0.1) is 0 Å². The maximum Gasteiger partial charge on any atom is 0.125 e. The van der Waals surface area contributed by atoms with Crippen molar-refractivity contribution in [2.75, 3.05) is 6.54 Å². The second-order valence-electron chi connectivity index (χ2n) is 4.97. The van der Waals surface area contributed by atoms with Crippen molar-refractivity contribution >= 4 is 27.3 Å². The van der Waals surface area contributed by atoms with Gasteiger partial charge in [-0.25, -0.2) is 4.98 Å². The van der Waals surface area contributed by atoms with Crippen molar-refractivity contribution in [1.29, 1.82) is 0 Å². The first kappa shape index (κ1) is 13.3. The largest absolute Gasteiger partial charge is 0.330 e. The number of thiazole rings is 1. The summed E-state index contributed by atoms with van der Waals surface area (Å²) in [6, 6.07) is 8.32. The number of nitrogens with two attached hydrogens (primary N) is 1. The number of hydrogen-bond donors (Lipinski definition) is 1. The summed E-state index contributed by atoms with van der Waals surface area (Å²) in [4.78, 5) is 6.38. The number of rotatable bonds is 3. The van der Waals surface area contributed by atoms with Gasteiger partial charge in [0, 0.05) is 20.8 Å². The van der Waals surface area contributed by atoms with E-state index in [0.717, 1.165) is 22.4 Å². The van der Waals surface area contributed by atoms with Crippen molar-refractivity contribution in [1.82, 2.24) is 4.98 Å². The average Bonchev–Trinajstić information content (AvgIpc) is 2.84. The number of hydrogen-bond acceptors (Lipinski definition) is 3. The van der Waals surface area contributed by atoms with Gasteiger partial charge in [0.25, 0.3) is 0 Å². The molecule has 2 N–H and O–H groups in total. The Bertz CT molecular complexity index is 579. The molecule has 2 aromatic rings. The maximum atomic E-state index is 5.73. The average molecular weight is 337 g/mol. The Hall–Kier alpha value is -0.710. The molecule has 1 unspecified atom stereocenters. The highest BCUT2D eigenvalue weighted by atomic mass is 79.9. The van der Waals surface area contributed by atoms with E-state index in [0.29, 0.717) is 5.92 Å². The van der Waals surface area contributed by atoms with Crippen LogP contribution in [0.3, 0.4) is 0 Å². The van der Waals surface area contributed by atoms with Gasteiger partial charge < -0.3 is 5.73 Å². The predicted molar refractivity (Wildman–Crippen MR) is 84.6 cm³/mol. The van der Waals surface area contributed by atoms with E-state index in [-0.39, 0.29) is 0 Å². The Morgan fingerprint density at radius 1 is 1.37 bits per heavy atom. The minimum Gasteiger partial charge on any atom is -0.330 e. The van der Waals surface area contributed by atoms with Crippen molar-refractivity contribution in [3.05, 3.63) is 39.3 Å². The van der Waals surface area contributed by atoms with Gasteiger partial charge in [-0.05, 0) is 38.3 Å². The van der Waals surface area contributed by atoms with Crippen LogP contribution >= 0.6 is 27.3 Å². The molecule has 19 heavy (non-hydrogen) atoms. The van der Waals surface area contributed by atoms with Crippen molar-refractivity contribution < 1.29 is 0 Å². The lowest BCUT2D eigenvalue weighted by Crippen LogP contribution is -2.13.